The van der Waals surface area contributed by atoms with Gasteiger partial charge in [0, 0.05) is 0 Å². The van der Waals surface area contributed by atoms with Gasteiger partial charge in [-0.25, -0.2) is 9.97 Å². The minimum atomic E-state index is 0.0239. The molecule has 5 nitrogen and oxygen atoms in total. The maximum atomic E-state index is 8.67. The third-order valence-electron chi connectivity index (χ3n) is 1.77. The van der Waals surface area contributed by atoms with Crippen LogP contribution in [-0.2, 0) is 0 Å². The molecule has 7 heteroatoms. The molecule has 0 aliphatic rings. The number of hydrogen-bond donors (Lipinski definition) is 2. The molecule has 0 radical (unpaired) electrons. The monoisotopic (exact) mass is 390 g/mol. The highest BCUT2D eigenvalue weighted by Crippen LogP contribution is 2.12. The highest BCUT2D eigenvalue weighted by atomic mass is 79.9. The molecule has 0 amide bonds. The third kappa shape index (κ3) is 7.09. The van der Waals surface area contributed by atoms with Crippen molar-refractivity contribution in [1.82, 2.24) is 9.97 Å². The van der Waals surface area contributed by atoms with Crippen LogP contribution in [0.15, 0.2) is 45.9 Å². The van der Waals surface area contributed by atoms with E-state index in [-0.39, 0.29) is 12.4 Å². The number of halogens is 2. The first-order valence-electron chi connectivity index (χ1n) is 5.27. The quantitative estimate of drug-likeness (QED) is 0.787. The molecule has 0 spiro atoms. The zero-order valence-electron chi connectivity index (χ0n) is 9.83. The molecule has 0 aliphatic heterocycles. The molecule has 2 aromatic rings. The summed E-state index contributed by atoms with van der Waals surface area (Å²) in [6, 6.07) is 6.81. The Kier molecular flexibility index (Phi) is 7.39. The van der Waals surface area contributed by atoms with Gasteiger partial charge in [-0.2, -0.15) is 0 Å². The second kappa shape index (κ2) is 8.84. The van der Waals surface area contributed by atoms with Crippen LogP contribution in [0.4, 0.5) is 0 Å². The fraction of sp³-hybridized carbons (Fsp3) is 0.167. The van der Waals surface area contributed by atoms with Gasteiger partial charge in [0.15, 0.2) is 0 Å². The zero-order valence-corrected chi connectivity index (χ0v) is 13.0. The molecular weight excluding hydrogens is 380 g/mol. The fourth-order valence-corrected chi connectivity index (χ4v) is 1.45. The van der Waals surface area contributed by atoms with E-state index in [0.29, 0.717) is 12.4 Å². The number of aromatic nitrogens is 2. The van der Waals surface area contributed by atoms with Crippen LogP contribution in [0.2, 0.25) is 0 Å². The molecule has 0 bridgehead atoms. The summed E-state index contributed by atoms with van der Waals surface area (Å²) in [6.07, 6.45) is 2.98. The molecule has 0 saturated heterocycles. The highest BCUT2D eigenvalue weighted by Gasteiger charge is 1.92. The van der Waals surface area contributed by atoms with E-state index in [1.54, 1.807) is 30.5 Å². The summed E-state index contributed by atoms with van der Waals surface area (Å²) in [5, 5.41) is 17.1. The standard InChI is InChI=1S/C7H8BrNO2.C5H4BrNO/c8-7-2-1-6(5-9-7)11-4-3-10;6-5-2-1-4(8)3-7-5/h1-2,5,10H,3-4H2;1-3,8H. The summed E-state index contributed by atoms with van der Waals surface area (Å²) in [5.74, 6) is 0.857. The van der Waals surface area contributed by atoms with Gasteiger partial charge in [0.05, 0.1) is 19.0 Å². The van der Waals surface area contributed by atoms with Crippen LogP contribution in [0.1, 0.15) is 0 Å². The summed E-state index contributed by atoms with van der Waals surface area (Å²) < 4.78 is 6.58. The lowest BCUT2D eigenvalue weighted by atomic mass is 10.5. The van der Waals surface area contributed by atoms with Crippen molar-refractivity contribution < 1.29 is 14.9 Å². The van der Waals surface area contributed by atoms with E-state index >= 15 is 0 Å². The number of pyridine rings is 2. The number of nitrogens with zero attached hydrogens (tertiary/aromatic N) is 2. The van der Waals surface area contributed by atoms with E-state index in [9.17, 15) is 0 Å². The van der Waals surface area contributed by atoms with Crippen molar-refractivity contribution in [1.29, 1.82) is 0 Å². The smallest absolute Gasteiger partial charge is 0.137 e. The highest BCUT2D eigenvalue weighted by molar-refractivity contribution is 9.10. The van der Waals surface area contributed by atoms with E-state index in [1.807, 2.05) is 0 Å². The first kappa shape index (κ1) is 15.9. The van der Waals surface area contributed by atoms with E-state index < -0.39 is 0 Å². The average molecular weight is 392 g/mol. The molecule has 0 atom stereocenters. The van der Waals surface area contributed by atoms with Crippen molar-refractivity contribution in [3.8, 4) is 11.5 Å². The van der Waals surface area contributed by atoms with Crippen LogP contribution in [-0.4, -0.2) is 33.4 Å². The Morgan fingerprint density at radius 1 is 1.00 bits per heavy atom. The minimum Gasteiger partial charge on any atom is -0.506 e. The van der Waals surface area contributed by atoms with Crippen molar-refractivity contribution in [2.45, 2.75) is 0 Å². The Balaban J connectivity index is 0.000000200. The molecule has 2 heterocycles. The van der Waals surface area contributed by atoms with Gasteiger partial charge >= 0.3 is 0 Å². The molecule has 0 aliphatic carbocycles. The molecule has 102 valence electrons. The van der Waals surface area contributed by atoms with Gasteiger partial charge in [0.1, 0.15) is 27.3 Å². The molecule has 0 saturated carbocycles. The van der Waals surface area contributed by atoms with Crippen molar-refractivity contribution in [2.24, 2.45) is 0 Å². The molecular formula is C12H12Br2N2O3. The third-order valence-corrected chi connectivity index (χ3v) is 2.71. The van der Waals surface area contributed by atoms with Crippen LogP contribution in [0, 0.1) is 0 Å². The first-order valence-corrected chi connectivity index (χ1v) is 6.86. The predicted molar refractivity (Wildman–Crippen MR) is 78.1 cm³/mol. The molecule has 0 unspecified atom stereocenters. The Hall–Kier alpha value is -1.18. The molecule has 0 aromatic carbocycles. The van der Waals surface area contributed by atoms with Crippen LogP contribution < -0.4 is 4.74 Å². The fourth-order valence-electron chi connectivity index (χ4n) is 0.979. The summed E-state index contributed by atoms with van der Waals surface area (Å²) in [5.41, 5.74) is 0. The number of hydrogen-bond acceptors (Lipinski definition) is 5. The van der Waals surface area contributed by atoms with Crippen LogP contribution in [0.5, 0.6) is 11.5 Å². The lowest BCUT2D eigenvalue weighted by Crippen LogP contribution is -2.01. The molecule has 0 fully saturated rings. The minimum absolute atomic E-state index is 0.0239. The number of rotatable bonds is 3. The van der Waals surface area contributed by atoms with Crippen LogP contribution in [0.3, 0.4) is 0 Å². The molecule has 2 rings (SSSR count). The maximum Gasteiger partial charge on any atom is 0.137 e. The van der Waals surface area contributed by atoms with Gasteiger partial charge in [0.25, 0.3) is 0 Å². The van der Waals surface area contributed by atoms with E-state index in [0.717, 1.165) is 9.21 Å². The van der Waals surface area contributed by atoms with Gasteiger partial charge in [-0.05, 0) is 56.1 Å². The van der Waals surface area contributed by atoms with Gasteiger partial charge in [-0.3, -0.25) is 0 Å². The van der Waals surface area contributed by atoms with Crippen molar-refractivity contribution >= 4 is 31.9 Å². The number of aromatic hydroxyl groups is 1. The largest absolute Gasteiger partial charge is 0.506 e. The van der Waals surface area contributed by atoms with E-state index in [1.165, 1.54) is 6.20 Å². The van der Waals surface area contributed by atoms with E-state index in [2.05, 4.69) is 41.8 Å². The van der Waals surface area contributed by atoms with Crippen molar-refractivity contribution in [2.75, 3.05) is 13.2 Å². The molecule has 2 N–H and O–H groups in total. The van der Waals surface area contributed by atoms with Crippen molar-refractivity contribution in [3.63, 3.8) is 0 Å². The SMILES string of the molecule is OCCOc1ccc(Br)nc1.Oc1ccc(Br)nc1. The molecule has 19 heavy (non-hydrogen) atoms. The number of aliphatic hydroxyl groups excluding tert-OH is 1. The Morgan fingerprint density at radius 2 is 1.63 bits per heavy atom. The zero-order chi connectivity index (χ0) is 14.1. The normalized spacial score (nSPS) is 9.42. The van der Waals surface area contributed by atoms with Crippen molar-refractivity contribution in [3.05, 3.63) is 45.9 Å². The topological polar surface area (TPSA) is 75.5 Å². The number of aliphatic hydroxyl groups is 1. The summed E-state index contributed by atoms with van der Waals surface area (Å²) in [4.78, 5) is 7.69. The first-order chi connectivity index (χ1) is 9.11. The lowest BCUT2D eigenvalue weighted by molar-refractivity contribution is 0.201. The summed E-state index contributed by atoms with van der Waals surface area (Å²) in [7, 11) is 0. The summed E-state index contributed by atoms with van der Waals surface area (Å²) in [6.45, 7) is 0.333. The van der Waals surface area contributed by atoms with E-state index in [4.69, 9.17) is 14.9 Å². The van der Waals surface area contributed by atoms with Crippen LogP contribution in [0.25, 0.3) is 0 Å². The Labute approximate surface area is 127 Å². The Morgan fingerprint density at radius 3 is 2.05 bits per heavy atom. The maximum absolute atomic E-state index is 8.67. The average Bonchev–Trinajstić information content (AvgIpc) is 2.42. The van der Waals surface area contributed by atoms with Gasteiger partial charge in [-0.15, -0.1) is 0 Å². The second-order valence-electron chi connectivity index (χ2n) is 3.23. The predicted octanol–water partition coefficient (Wildman–Crippen LogP) is 2.76. The van der Waals surface area contributed by atoms with Gasteiger partial charge in [-0.1, -0.05) is 0 Å². The van der Waals surface area contributed by atoms with Gasteiger partial charge in [0.2, 0.25) is 0 Å². The second-order valence-corrected chi connectivity index (χ2v) is 4.85. The van der Waals surface area contributed by atoms with Crippen LogP contribution >= 0.6 is 31.9 Å². The molecule has 2 aromatic heterocycles. The summed E-state index contributed by atoms with van der Waals surface area (Å²) >= 11 is 6.32. The van der Waals surface area contributed by atoms with Gasteiger partial charge < -0.3 is 14.9 Å². The lowest BCUT2D eigenvalue weighted by Gasteiger charge is -2.01. The number of ether oxygens (including phenoxy) is 1. The Bertz CT molecular complexity index is 456.